The first-order chi connectivity index (χ1) is 14.5. The first kappa shape index (κ1) is 20.4. The SMILES string of the molecule is Cc1ccc(N2CCC(C(=O)N(C)Cc3nc(-c4ccc(Cl)cc4)no3)CC2)cc1. The Kier molecular flexibility index (Phi) is 6.04. The van der Waals surface area contributed by atoms with Gasteiger partial charge in [-0.15, -0.1) is 0 Å². The highest BCUT2D eigenvalue weighted by Gasteiger charge is 2.28. The Morgan fingerprint density at radius 1 is 1.13 bits per heavy atom. The van der Waals surface area contributed by atoms with E-state index >= 15 is 0 Å². The van der Waals surface area contributed by atoms with Gasteiger partial charge >= 0.3 is 0 Å². The summed E-state index contributed by atoms with van der Waals surface area (Å²) in [5.74, 6) is 1.07. The lowest BCUT2D eigenvalue weighted by atomic mass is 9.95. The molecule has 0 spiro atoms. The Morgan fingerprint density at radius 2 is 1.80 bits per heavy atom. The number of halogens is 1. The van der Waals surface area contributed by atoms with Crippen molar-refractivity contribution < 1.29 is 9.32 Å². The summed E-state index contributed by atoms with van der Waals surface area (Å²) in [7, 11) is 1.79. The second-order valence-electron chi connectivity index (χ2n) is 7.81. The molecule has 0 aliphatic carbocycles. The zero-order valence-electron chi connectivity index (χ0n) is 17.2. The first-order valence-corrected chi connectivity index (χ1v) is 10.5. The highest BCUT2D eigenvalue weighted by Crippen LogP contribution is 2.25. The fraction of sp³-hybridized carbons (Fsp3) is 0.348. The van der Waals surface area contributed by atoms with Crippen LogP contribution < -0.4 is 4.90 Å². The molecule has 0 bridgehead atoms. The molecule has 30 heavy (non-hydrogen) atoms. The van der Waals surface area contributed by atoms with Gasteiger partial charge < -0.3 is 14.3 Å². The van der Waals surface area contributed by atoms with Crippen molar-refractivity contribution in [3.8, 4) is 11.4 Å². The number of rotatable bonds is 5. The van der Waals surface area contributed by atoms with Crippen LogP contribution in [0.25, 0.3) is 11.4 Å². The van der Waals surface area contributed by atoms with Crippen LogP contribution in [0, 0.1) is 12.8 Å². The zero-order chi connectivity index (χ0) is 21.1. The Hall–Kier alpha value is -2.86. The third kappa shape index (κ3) is 4.65. The summed E-state index contributed by atoms with van der Waals surface area (Å²) in [6.07, 6.45) is 1.69. The molecule has 7 heteroatoms. The van der Waals surface area contributed by atoms with Crippen LogP contribution in [0.4, 0.5) is 5.69 Å². The molecule has 156 valence electrons. The van der Waals surface area contributed by atoms with E-state index in [1.54, 1.807) is 24.1 Å². The van der Waals surface area contributed by atoms with Gasteiger partial charge in [-0.05, 0) is 56.2 Å². The third-order valence-electron chi connectivity index (χ3n) is 5.56. The van der Waals surface area contributed by atoms with E-state index in [1.807, 2.05) is 12.1 Å². The van der Waals surface area contributed by atoms with Gasteiger partial charge in [0.25, 0.3) is 0 Å². The zero-order valence-corrected chi connectivity index (χ0v) is 18.0. The third-order valence-corrected chi connectivity index (χ3v) is 5.81. The molecule has 4 rings (SSSR count). The van der Waals surface area contributed by atoms with E-state index in [-0.39, 0.29) is 11.8 Å². The number of piperidine rings is 1. The van der Waals surface area contributed by atoms with E-state index in [9.17, 15) is 4.79 Å². The Bertz CT molecular complexity index is 993. The summed E-state index contributed by atoms with van der Waals surface area (Å²) in [6.45, 7) is 4.16. The van der Waals surface area contributed by atoms with E-state index < -0.39 is 0 Å². The van der Waals surface area contributed by atoms with Crippen molar-refractivity contribution in [2.24, 2.45) is 5.92 Å². The molecular formula is C23H25ClN4O2. The Morgan fingerprint density at radius 3 is 2.47 bits per heavy atom. The molecule has 1 aromatic heterocycles. The molecule has 1 fully saturated rings. The number of amides is 1. The van der Waals surface area contributed by atoms with E-state index in [4.69, 9.17) is 16.1 Å². The van der Waals surface area contributed by atoms with Crippen LogP contribution in [0.5, 0.6) is 0 Å². The van der Waals surface area contributed by atoms with Crippen LogP contribution in [0.1, 0.15) is 24.3 Å². The average Bonchev–Trinajstić information content (AvgIpc) is 3.23. The van der Waals surface area contributed by atoms with Gasteiger partial charge in [0.15, 0.2) is 0 Å². The van der Waals surface area contributed by atoms with Crippen LogP contribution >= 0.6 is 11.6 Å². The van der Waals surface area contributed by atoms with Gasteiger partial charge in [0.2, 0.25) is 17.6 Å². The molecule has 1 aliphatic rings. The minimum absolute atomic E-state index is 0.0235. The number of benzene rings is 2. The highest BCUT2D eigenvalue weighted by molar-refractivity contribution is 6.30. The number of anilines is 1. The van der Waals surface area contributed by atoms with Crippen LogP contribution in [-0.2, 0) is 11.3 Å². The van der Waals surface area contributed by atoms with Crippen LogP contribution in [0.2, 0.25) is 5.02 Å². The van der Waals surface area contributed by atoms with Crippen molar-refractivity contribution >= 4 is 23.2 Å². The maximum Gasteiger partial charge on any atom is 0.246 e. The number of hydrogen-bond donors (Lipinski definition) is 0. The van der Waals surface area contributed by atoms with Gasteiger partial charge in [-0.25, -0.2) is 0 Å². The molecule has 2 aromatic carbocycles. The Balaban J connectivity index is 1.32. The van der Waals surface area contributed by atoms with Crippen LogP contribution in [0.15, 0.2) is 53.1 Å². The summed E-state index contributed by atoms with van der Waals surface area (Å²) in [5.41, 5.74) is 3.30. The minimum Gasteiger partial charge on any atom is -0.371 e. The smallest absolute Gasteiger partial charge is 0.246 e. The maximum absolute atomic E-state index is 12.9. The lowest BCUT2D eigenvalue weighted by molar-refractivity contribution is -0.135. The standard InChI is InChI=1S/C23H25ClN4O2/c1-16-3-9-20(10-4-16)28-13-11-18(12-14-28)23(29)27(2)15-21-25-22(26-30-21)17-5-7-19(24)8-6-17/h3-10,18H,11-15H2,1-2H3. The molecule has 1 saturated heterocycles. The normalized spacial score (nSPS) is 14.7. The number of carbonyl (C=O) groups is 1. The largest absolute Gasteiger partial charge is 0.371 e. The number of carbonyl (C=O) groups excluding carboxylic acids is 1. The molecule has 0 radical (unpaired) electrons. The molecule has 0 atom stereocenters. The van der Waals surface area contributed by atoms with Crippen molar-refractivity contribution in [3.05, 3.63) is 65.0 Å². The molecule has 6 nitrogen and oxygen atoms in total. The van der Waals surface area contributed by atoms with E-state index in [0.29, 0.717) is 23.3 Å². The number of aromatic nitrogens is 2. The quantitative estimate of drug-likeness (QED) is 0.600. The monoisotopic (exact) mass is 424 g/mol. The van der Waals surface area contributed by atoms with E-state index in [1.165, 1.54) is 11.3 Å². The number of nitrogens with zero attached hydrogens (tertiary/aromatic N) is 4. The summed E-state index contributed by atoms with van der Waals surface area (Å²) in [4.78, 5) is 21.4. The van der Waals surface area contributed by atoms with Gasteiger partial charge in [0.1, 0.15) is 0 Å². The second-order valence-corrected chi connectivity index (χ2v) is 8.25. The van der Waals surface area contributed by atoms with Crippen molar-refractivity contribution in [2.75, 3.05) is 25.0 Å². The summed E-state index contributed by atoms with van der Waals surface area (Å²) < 4.78 is 5.35. The van der Waals surface area contributed by atoms with Crippen LogP contribution in [0.3, 0.4) is 0 Å². The Labute approximate surface area is 181 Å². The topological polar surface area (TPSA) is 62.5 Å². The van der Waals surface area contributed by atoms with Crippen molar-refractivity contribution in [2.45, 2.75) is 26.3 Å². The second kappa shape index (κ2) is 8.88. The molecule has 1 amide bonds. The summed E-state index contributed by atoms with van der Waals surface area (Å²) >= 11 is 5.92. The molecule has 2 heterocycles. The highest BCUT2D eigenvalue weighted by atomic mass is 35.5. The fourth-order valence-electron chi connectivity index (χ4n) is 3.77. The van der Waals surface area contributed by atoms with Crippen molar-refractivity contribution in [1.29, 1.82) is 0 Å². The fourth-order valence-corrected chi connectivity index (χ4v) is 3.89. The van der Waals surface area contributed by atoms with Crippen molar-refractivity contribution in [3.63, 3.8) is 0 Å². The molecule has 0 unspecified atom stereocenters. The predicted molar refractivity (Wildman–Crippen MR) is 117 cm³/mol. The maximum atomic E-state index is 12.9. The number of hydrogen-bond acceptors (Lipinski definition) is 5. The van der Waals surface area contributed by atoms with E-state index in [0.717, 1.165) is 31.5 Å². The van der Waals surface area contributed by atoms with Crippen LogP contribution in [-0.4, -0.2) is 41.1 Å². The molecule has 0 N–H and O–H groups in total. The lowest BCUT2D eigenvalue weighted by Gasteiger charge is -2.34. The van der Waals surface area contributed by atoms with Gasteiger partial charge in [0, 0.05) is 42.3 Å². The van der Waals surface area contributed by atoms with Gasteiger partial charge in [-0.1, -0.05) is 34.5 Å². The minimum atomic E-state index is 0.0235. The molecule has 3 aromatic rings. The van der Waals surface area contributed by atoms with E-state index in [2.05, 4.69) is 46.2 Å². The summed E-state index contributed by atoms with van der Waals surface area (Å²) in [6, 6.07) is 15.8. The molecular weight excluding hydrogens is 400 g/mol. The predicted octanol–water partition coefficient (Wildman–Crippen LogP) is 4.57. The average molecular weight is 425 g/mol. The lowest BCUT2D eigenvalue weighted by Crippen LogP contribution is -2.41. The molecule has 0 saturated carbocycles. The summed E-state index contributed by atoms with van der Waals surface area (Å²) in [5, 5.41) is 4.67. The molecule has 1 aliphatic heterocycles. The van der Waals surface area contributed by atoms with Crippen molar-refractivity contribution in [1.82, 2.24) is 15.0 Å². The van der Waals surface area contributed by atoms with Gasteiger partial charge in [0.05, 0.1) is 6.54 Å². The first-order valence-electron chi connectivity index (χ1n) is 10.1. The number of aryl methyl sites for hydroxylation is 1. The van der Waals surface area contributed by atoms with Gasteiger partial charge in [-0.2, -0.15) is 4.98 Å². The van der Waals surface area contributed by atoms with Gasteiger partial charge in [-0.3, -0.25) is 4.79 Å².